The van der Waals surface area contributed by atoms with E-state index in [1.54, 1.807) is 26.0 Å². The SMILES string of the molecule is CCCCCCCCC#Cc1cc(C(=O)OCC)c(C#CCCCCCCCC)cc1C(=O)OCC. The molecule has 0 atom stereocenters. The summed E-state index contributed by atoms with van der Waals surface area (Å²) < 4.78 is 10.5. The fourth-order valence-electron chi connectivity index (χ4n) is 3.86. The molecule has 1 rings (SSSR count). The molecule has 1 aromatic carbocycles. The third kappa shape index (κ3) is 12.8. The molecule has 0 unspecified atom stereocenters. The molecule has 0 saturated carbocycles. The van der Waals surface area contributed by atoms with E-state index in [1.165, 1.54) is 51.4 Å². The summed E-state index contributed by atoms with van der Waals surface area (Å²) in [4.78, 5) is 25.4. The van der Waals surface area contributed by atoms with Crippen LogP contribution in [0.25, 0.3) is 0 Å². The number of unbranched alkanes of at least 4 members (excludes halogenated alkanes) is 12. The van der Waals surface area contributed by atoms with Gasteiger partial charge in [0.05, 0.1) is 24.3 Å². The number of rotatable bonds is 16. The maximum Gasteiger partial charge on any atom is 0.339 e. The van der Waals surface area contributed by atoms with Crippen molar-refractivity contribution in [2.45, 2.75) is 118 Å². The standard InChI is InChI=1S/C32H46O4/c1-5-9-11-13-15-17-19-21-23-27-25-30(32(34)36-8-4)28(26-29(27)31(33)35-7-3)24-22-20-18-16-14-12-10-6-2/h25-26H,5-20H2,1-4H3. The van der Waals surface area contributed by atoms with Crippen molar-refractivity contribution in [2.75, 3.05) is 13.2 Å². The summed E-state index contributed by atoms with van der Waals surface area (Å²) in [5, 5.41) is 0. The van der Waals surface area contributed by atoms with E-state index in [0.717, 1.165) is 38.5 Å². The van der Waals surface area contributed by atoms with Crippen LogP contribution in [0.1, 0.15) is 149 Å². The van der Waals surface area contributed by atoms with Crippen LogP contribution in [0.15, 0.2) is 12.1 Å². The minimum Gasteiger partial charge on any atom is -0.462 e. The van der Waals surface area contributed by atoms with Gasteiger partial charge in [-0.05, 0) is 38.8 Å². The van der Waals surface area contributed by atoms with Crippen molar-refractivity contribution in [3.05, 3.63) is 34.4 Å². The number of hydrogen-bond donors (Lipinski definition) is 0. The van der Waals surface area contributed by atoms with Crippen LogP contribution in [0.4, 0.5) is 0 Å². The topological polar surface area (TPSA) is 52.6 Å². The van der Waals surface area contributed by atoms with E-state index < -0.39 is 11.9 Å². The first-order chi connectivity index (χ1) is 17.6. The first-order valence-electron chi connectivity index (χ1n) is 14.1. The summed E-state index contributed by atoms with van der Waals surface area (Å²) >= 11 is 0. The zero-order valence-corrected chi connectivity index (χ0v) is 23.1. The zero-order valence-electron chi connectivity index (χ0n) is 23.1. The number of carbonyl (C=O) groups is 2. The highest BCUT2D eigenvalue weighted by atomic mass is 16.5. The third-order valence-corrected chi connectivity index (χ3v) is 5.91. The van der Waals surface area contributed by atoms with Crippen LogP contribution in [0.5, 0.6) is 0 Å². The predicted octanol–water partition coefficient (Wildman–Crippen LogP) is 8.24. The average molecular weight is 495 g/mol. The van der Waals surface area contributed by atoms with Crippen molar-refractivity contribution < 1.29 is 19.1 Å². The maximum atomic E-state index is 12.7. The van der Waals surface area contributed by atoms with E-state index in [-0.39, 0.29) is 13.2 Å². The second kappa shape index (κ2) is 20.5. The Labute approximate surface area is 219 Å². The molecular weight excluding hydrogens is 448 g/mol. The van der Waals surface area contributed by atoms with Crippen LogP contribution >= 0.6 is 0 Å². The molecule has 0 aromatic heterocycles. The lowest BCUT2D eigenvalue weighted by Crippen LogP contribution is -2.12. The Bertz CT molecular complexity index is 832. The molecule has 0 amide bonds. The van der Waals surface area contributed by atoms with E-state index in [2.05, 4.69) is 37.5 Å². The monoisotopic (exact) mass is 494 g/mol. The molecule has 0 bridgehead atoms. The largest absolute Gasteiger partial charge is 0.462 e. The summed E-state index contributed by atoms with van der Waals surface area (Å²) in [5.41, 5.74) is 1.68. The maximum absolute atomic E-state index is 12.7. The zero-order chi connectivity index (χ0) is 26.4. The molecule has 0 spiro atoms. The fourth-order valence-corrected chi connectivity index (χ4v) is 3.86. The molecule has 4 heteroatoms. The van der Waals surface area contributed by atoms with Gasteiger partial charge < -0.3 is 9.47 Å². The van der Waals surface area contributed by atoms with Gasteiger partial charge in [0.1, 0.15) is 0 Å². The summed E-state index contributed by atoms with van der Waals surface area (Å²) in [6.07, 6.45) is 15.9. The van der Waals surface area contributed by atoms with Gasteiger partial charge in [0.25, 0.3) is 0 Å². The Morgan fingerprint density at radius 3 is 1.31 bits per heavy atom. The Balaban J connectivity index is 3.09. The Hall–Kier alpha value is -2.72. The quantitative estimate of drug-likeness (QED) is 0.132. The van der Waals surface area contributed by atoms with Gasteiger partial charge in [-0.3, -0.25) is 0 Å². The highest BCUT2D eigenvalue weighted by molar-refractivity contribution is 5.98. The molecule has 36 heavy (non-hydrogen) atoms. The van der Waals surface area contributed by atoms with Gasteiger partial charge >= 0.3 is 11.9 Å². The summed E-state index contributed by atoms with van der Waals surface area (Å²) in [7, 11) is 0. The van der Waals surface area contributed by atoms with Gasteiger partial charge in [-0.25, -0.2) is 9.59 Å². The number of carbonyl (C=O) groups excluding carboxylic acids is 2. The van der Waals surface area contributed by atoms with Crippen LogP contribution in [-0.4, -0.2) is 25.2 Å². The predicted molar refractivity (Wildman–Crippen MR) is 148 cm³/mol. The molecule has 0 aliphatic rings. The van der Waals surface area contributed by atoms with Gasteiger partial charge in [0.15, 0.2) is 0 Å². The summed E-state index contributed by atoms with van der Waals surface area (Å²) in [6, 6.07) is 3.29. The van der Waals surface area contributed by atoms with E-state index in [0.29, 0.717) is 22.3 Å². The van der Waals surface area contributed by atoms with E-state index in [1.807, 2.05) is 0 Å². The van der Waals surface area contributed by atoms with Crippen LogP contribution in [-0.2, 0) is 9.47 Å². The smallest absolute Gasteiger partial charge is 0.339 e. The van der Waals surface area contributed by atoms with E-state index >= 15 is 0 Å². The fraction of sp³-hybridized carbons (Fsp3) is 0.625. The molecule has 0 heterocycles. The summed E-state index contributed by atoms with van der Waals surface area (Å²) in [6.45, 7) is 8.50. The second-order valence-electron chi connectivity index (χ2n) is 9.02. The molecule has 1 aromatic rings. The van der Waals surface area contributed by atoms with Crippen molar-refractivity contribution in [1.82, 2.24) is 0 Å². The van der Waals surface area contributed by atoms with Crippen molar-refractivity contribution >= 4 is 11.9 Å². The van der Waals surface area contributed by atoms with Crippen molar-refractivity contribution in [3.8, 4) is 23.7 Å². The van der Waals surface area contributed by atoms with Gasteiger partial charge in [-0.1, -0.05) is 102 Å². The molecule has 0 aliphatic heterocycles. The average Bonchev–Trinajstić information content (AvgIpc) is 2.87. The number of hydrogen-bond acceptors (Lipinski definition) is 4. The molecule has 0 radical (unpaired) electrons. The van der Waals surface area contributed by atoms with E-state index in [9.17, 15) is 9.59 Å². The van der Waals surface area contributed by atoms with Crippen LogP contribution < -0.4 is 0 Å². The normalized spacial score (nSPS) is 10.1. The highest BCUT2D eigenvalue weighted by Crippen LogP contribution is 2.19. The minimum atomic E-state index is -0.448. The minimum absolute atomic E-state index is 0.266. The first-order valence-corrected chi connectivity index (χ1v) is 14.1. The number of esters is 2. The Morgan fingerprint density at radius 2 is 0.944 bits per heavy atom. The van der Waals surface area contributed by atoms with Crippen molar-refractivity contribution in [3.63, 3.8) is 0 Å². The van der Waals surface area contributed by atoms with Crippen LogP contribution in [0, 0.1) is 23.7 Å². The molecule has 0 aliphatic carbocycles. The lowest BCUT2D eigenvalue weighted by molar-refractivity contribution is 0.0511. The molecule has 0 saturated heterocycles. The molecule has 4 nitrogen and oxygen atoms in total. The van der Waals surface area contributed by atoms with Crippen molar-refractivity contribution in [2.24, 2.45) is 0 Å². The third-order valence-electron chi connectivity index (χ3n) is 5.91. The Kier molecular flexibility index (Phi) is 17.8. The number of ether oxygens (including phenoxy) is 2. The lowest BCUT2D eigenvalue weighted by Gasteiger charge is -2.10. The molecule has 0 fully saturated rings. The first kappa shape index (κ1) is 31.3. The number of benzene rings is 1. The van der Waals surface area contributed by atoms with E-state index in [4.69, 9.17) is 9.47 Å². The van der Waals surface area contributed by atoms with Gasteiger partial charge in [0, 0.05) is 24.0 Å². The second-order valence-corrected chi connectivity index (χ2v) is 9.02. The van der Waals surface area contributed by atoms with Gasteiger partial charge in [-0.2, -0.15) is 0 Å². The lowest BCUT2D eigenvalue weighted by atomic mass is 9.98. The summed E-state index contributed by atoms with van der Waals surface area (Å²) in [5.74, 6) is 11.7. The molecular formula is C32H46O4. The van der Waals surface area contributed by atoms with Crippen LogP contribution in [0.2, 0.25) is 0 Å². The highest BCUT2D eigenvalue weighted by Gasteiger charge is 2.19. The van der Waals surface area contributed by atoms with Crippen molar-refractivity contribution in [1.29, 1.82) is 0 Å². The van der Waals surface area contributed by atoms with Gasteiger partial charge in [0.2, 0.25) is 0 Å². The Morgan fingerprint density at radius 1 is 0.583 bits per heavy atom. The molecule has 0 N–H and O–H groups in total. The van der Waals surface area contributed by atoms with Crippen LogP contribution in [0.3, 0.4) is 0 Å². The molecule has 198 valence electrons. The van der Waals surface area contributed by atoms with Gasteiger partial charge in [-0.15, -0.1) is 0 Å².